The van der Waals surface area contributed by atoms with Crippen LogP contribution in [0.1, 0.15) is 67.1 Å². The van der Waals surface area contributed by atoms with Crippen LogP contribution in [0.5, 0.6) is 0 Å². The zero-order valence-electron chi connectivity index (χ0n) is 18.0. The van der Waals surface area contributed by atoms with E-state index in [1.54, 1.807) is 26.0 Å². The number of amides is 1. The largest absolute Gasteiger partial charge is 0.371 e. The van der Waals surface area contributed by atoms with Gasteiger partial charge < -0.3 is 14.7 Å². The minimum Gasteiger partial charge on any atom is -0.371 e. The molecule has 0 radical (unpaired) electrons. The van der Waals surface area contributed by atoms with Crippen LogP contribution < -0.4 is 10.2 Å². The number of piperidine rings is 1. The van der Waals surface area contributed by atoms with Crippen LogP contribution in [0.15, 0.2) is 27.6 Å². The first kappa shape index (κ1) is 21.8. The molecule has 4 rings (SSSR count). The van der Waals surface area contributed by atoms with Crippen molar-refractivity contribution in [3.63, 3.8) is 0 Å². The molecule has 31 heavy (non-hydrogen) atoms. The number of anilines is 1. The molecule has 1 aromatic carbocycles. The van der Waals surface area contributed by atoms with Crippen molar-refractivity contribution in [2.45, 2.75) is 56.9 Å². The summed E-state index contributed by atoms with van der Waals surface area (Å²) in [6.07, 6.45) is 4.86. The molecule has 0 saturated carbocycles. The number of carbonyl (C=O) groups excluding carboxylic acids is 1. The van der Waals surface area contributed by atoms with Crippen LogP contribution in [0, 0.1) is 6.92 Å². The number of sulfonamides is 1. The summed E-state index contributed by atoms with van der Waals surface area (Å²) in [5.41, 5.74) is 1.10. The second-order valence-electron chi connectivity index (χ2n) is 8.21. The topological polar surface area (TPSA) is 109 Å². The Kier molecular flexibility index (Phi) is 6.29. The highest BCUT2D eigenvalue weighted by Crippen LogP contribution is 2.30. The molecule has 0 spiro atoms. The lowest BCUT2D eigenvalue weighted by Crippen LogP contribution is -2.36. The van der Waals surface area contributed by atoms with Crippen LogP contribution in [0.2, 0.25) is 0 Å². The van der Waals surface area contributed by atoms with E-state index in [1.807, 2.05) is 0 Å². The number of hydrogen-bond donors (Lipinski definition) is 1. The van der Waals surface area contributed by atoms with Gasteiger partial charge in [0.2, 0.25) is 15.9 Å². The molecule has 2 aliphatic heterocycles. The third-order valence-corrected chi connectivity index (χ3v) is 7.77. The number of nitrogens with zero attached hydrogens (tertiary/aromatic N) is 4. The summed E-state index contributed by atoms with van der Waals surface area (Å²) in [5.74, 6) is 0.440. The van der Waals surface area contributed by atoms with Crippen LogP contribution >= 0.6 is 0 Å². The van der Waals surface area contributed by atoms with Crippen LogP contribution in [-0.2, 0) is 10.0 Å². The van der Waals surface area contributed by atoms with Crippen molar-refractivity contribution in [2.24, 2.45) is 0 Å². The van der Waals surface area contributed by atoms with Gasteiger partial charge in [-0.3, -0.25) is 4.79 Å². The maximum absolute atomic E-state index is 13.2. The van der Waals surface area contributed by atoms with Gasteiger partial charge in [-0.1, -0.05) is 11.6 Å². The van der Waals surface area contributed by atoms with E-state index in [9.17, 15) is 13.2 Å². The lowest BCUT2D eigenvalue weighted by Gasteiger charge is -2.27. The van der Waals surface area contributed by atoms with Crippen molar-refractivity contribution >= 4 is 21.6 Å². The van der Waals surface area contributed by atoms with Crippen LogP contribution in [-0.4, -0.2) is 54.9 Å². The molecule has 2 fully saturated rings. The molecule has 3 heterocycles. The first-order valence-corrected chi connectivity index (χ1v) is 12.3. The highest BCUT2D eigenvalue weighted by Gasteiger charge is 2.29. The van der Waals surface area contributed by atoms with Crippen molar-refractivity contribution in [1.29, 1.82) is 0 Å². The fourth-order valence-corrected chi connectivity index (χ4v) is 5.71. The Morgan fingerprint density at radius 2 is 1.77 bits per heavy atom. The van der Waals surface area contributed by atoms with Crippen molar-refractivity contribution in [3.05, 3.63) is 35.5 Å². The van der Waals surface area contributed by atoms with Crippen molar-refractivity contribution in [3.8, 4) is 0 Å². The number of hydrogen-bond acceptors (Lipinski definition) is 7. The van der Waals surface area contributed by atoms with Gasteiger partial charge >= 0.3 is 0 Å². The van der Waals surface area contributed by atoms with Gasteiger partial charge in [0.05, 0.1) is 10.5 Å². The van der Waals surface area contributed by atoms with E-state index in [2.05, 4.69) is 20.4 Å². The molecule has 1 atom stereocenters. The molecule has 168 valence electrons. The predicted octanol–water partition coefficient (Wildman–Crippen LogP) is 2.64. The van der Waals surface area contributed by atoms with Crippen LogP contribution in [0.4, 0.5) is 5.69 Å². The molecule has 9 nitrogen and oxygen atoms in total. The first-order valence-electron chi connectivity index (χ1n) is 10.9. The van der Waals surface area contributed by atoms with Gasteiger partial charge in [0, 0.05) is 31.9 Å². The van der Waals surface area contributed by atoms with E-state index >= 15 is 0 Å². The fourth-order valence-electron chi connectivity index (χ4n) is 4.17. The van der Waals surface area contributed by atoms with Crippen LogP contribution in [0.3, 0.4) is 0 Å². The summed E-state index contributed by atoms with van der Waals surface area (Å²) in [6.45, 7) is 6.20. The highest BCUT2D eigenvalue weighted by atomic mass is 32.2. The standard InChI is InChI=1S/C21H29N5O4S/c1-15(21-23-16(2)24-30-21)22-20(27)18-14-17(8-9-19(18)25-10-6-7-11-25)31(28,29)26-12-4-3-5-13-26/h8-9,14-15H,3-7,10-13H2,1-2H3,(H,22,27). The van der Waals surface area contributed by atoms with Gasteiger partial charge in [0.1, 0.15) is 6.04 Å². The van der Waals surface area contributed by atoms with E-state index < -0.39 is 16.1 Å². The van der Waals surface area contributed by atoms with Crippen molar-refractivity contribution in [1.82, 2.24) is 19.8 Å². The van der Waals surface area contributed by atoms with Gasteiger partial charge in [-0.25, -0.2) is 8.42 Å². The zero-order chi connectivity index (χ0) is 22.0. The van der Waals surface area contributed by atoms with Crippen molar-refractivity contribution in [2.75, 3.05) is 31.1 Å². The molecule has 0 bridgehead atoms. The average Bonchev–Trinajstić information content (AvgIpc) is 3.46. The molecule has 10 heteroatoms. The van der Waals surface area contributed by atoms with Gasteiger partial charge in [0.15, 0.2) is 5.82 Å². The Bertz CT molecular complexity index is 1040. The Hall–Kier alpha value is -2.46. The quantitative estimate of drug-likeness (QED) is 0.725. The smallest absolute Gasteiger partial charge is 0.254 e. The number of aromatic nitrogens is 2. The van der Waals surface area contributed by atoms with Gasteiger partial charge in [-0.05, 0) is 57.7 Å². The number of nitrogens with one attached hydrogen (secondary N) is 1. The van der Waals surface area contributed by atoms with E-state index in [1.165, 1.54) is 10.4 Å². The second kappa shape index (κ2) is 8.96. The lowest BCUT2D eigenvalue weighted by molar-refractivity contribution is 0.0933. The predicted molar refractivity (Wildman–Crippen MR) is 115 cm³/mol. The summed E-state index contributed by atoms with van der Waals surface area (Å²) in [6, 6.07) is 4.40. The summed E-state index contributed by atoms with van der Waals surface area (Å²) < 4.78 is 33.1. The Morgan fingerprint density at radius 3 is 2.42 bits per heavy atom. The number of benzene rings is 1. The third-order valence-electron chi connectivity index (χ3n) is 5.87. The molecular weight excluding hydrogens is 418 g/mol. The SMILES string of the molecule is Cc1noc(C(C)NC(=O)c2cc(S(=O)(=O)N3CCCCC3)ccc2N2CCCC2)n1. The molecule has 0 aliphatic carbocycles. The Labute approximate surface area is 182 Å². The summed E-state index contributed by atoms with van der Waals surface area (Å²) in [7, 11) is -3.64. The average molecular weight is 448 g/mol. The summed E-state index contributed by atoms with van der Waals surface area (Å²) >= 11 is 0. The minimum absolute atomic E-state index is 0.156. The summed E-state index contributed by atoms with van der Waals surface area (Å²) in [5, 5.41) is 6.64. The molecule has 2 aliphatic rings. The number of aryl methyl sites for hydroxylation is 1. The molecule has 2 aromatic rings. The van der Waals surface area contributed by atoms with E-state index in [0.29, 0.717) is 30.4 Å². The van der Waals surface area contributed by atoms with Crippen LogP contribution in [0.25, 0.3) is 0 Å². The maximum atomic E-state index is 13.2. The molecular formula is C21H29N5O4S. The minimum atomic E-state index is -3.64. The molecule has 2 saturated heterocycles. The number of rotatable bonds is 6. The third kappa shape index (κ3) is 4.59. The fraction of sp³-hybridized carbons (Fsp3) is 0.571. The Morgan fingerprint density at radius 1 is 1.10 bits per heavy atom. The molecule has 1 aromatic heterocycles. The molecule has 1 amide bonds. The Balaban J connectivity index is 1.65. The van der Waals surface area contributed by atoms with Crippen molar-refractivity contribution < 1.29 is 17.7 Å². The lowest BCUT2D eigenvalue weighted by atomic mass is 10.1. The molecule has 1 unspecified atom stereocenters. The monoisotopic (exact) mass is 447 g/mol. The number of carbonyl (C=O) groups is 1. The molecule has 1 N–H and O–H groups in total. The van der Waals surface area contributed by atoms with Gasteiger partial charge in [0.25, 0.3) is 5.91 Å². The van der Waals surface area contributed by atoms with Gasteiger partial charge in [-0.15, -0.1) is 0 Å². The highest BCUT2D eigenvalue weighted by molar-refractivity contribution is 7.89. The first-order chi connectivity index (χ1) is 14.9. The van der Waals surface area contributed by atoms with Gasteiger partial charge in [-0.2, -0.15) is 9.29 Å². The summed E-state index contributed by atoms with van der Waals surface area (Å²) in [4.78, 5) is 19.7. The van der Waals surface area contributed by atoms with E-state index in [0.717, 1.165) is 50.9 Å². The zero-order valence-corrected chi connectivity index (χ0v) is 18.8. The normalized spacial score (nSPS) is 18.8. The van der Waals surface area contributed by atoms with E-state index in [4.69, 9.17) is 4.52 Å². The van der Waals surface area contributed by atoms with E-state index in [-0.39, 0.29) is 10.8 Å². The maximum Gasteiger partial charge on any atom is 0.254 e. The second-order valence-corrected chi connectivity index (χ2v) is 10.2.